The fourth-order valence-electron chi connectivity index (χ4n) is 3.55. The molecule has 0 bridgehead atoms. The number of hydrogen-bond donors (Lipinski definition) is 0. The molecule has 1 aromatic heterocycles. The van der Waals surface area contributed by atoms with Crippen LogP contribution < -0.4 is 4.90 Å². The van der Waals surface area contributed by atoms with Crippen LogP contribution in [-0.4, -0.2) is 72.6 Å². The average molecular weight is 389 g/mol. The number of aryl methyl sites for hydroxylation is 1. The Bertz CT molecular complexity index is 913. The molecule has 9 heteroatoms. The molecule has 3 heterocycles. The summed E-state index contributed by atoms with van der Waals surface area (Å²) in [7, 11) is -1.88. The summed E-state index contributed by atoms with van der Waals surface area (Å²) >= 11 is 0. The Morgan fingerprint density at radius 3 is 2.33 bits per heavy atom. The van der Waals surface area contributed by atoms with Crippen LogP contribution >= 0.6 is 0 Å². The van der Waals surface area contributed by atoms with Crippen LogP contribution in [0.3, 0.4) is 0 Å². The van der Waals surface area contributed by atoms with Crippen LogP contribution in [-0.2, 0) is 21.9 Å². The Morgan fingerprint density at radius 2 is 1.74 bits per heavy atom. The number of sulfonamides is 1. The summed E-state index contributed by atoms with van der Waals surface area (Å²) in [5, 5.41) is 3.91. The van der Waals surface area contributed by atoms with E-state index in [9.17, 15) is 13.2 Å². The van der Waals surface area contributed by atoms with Gasteiger partial charge in [0.1, 0.15) is 4.90 Å². The lowest BCUT2D eigenvalue weighted by atomic mass is 10.0. The molecule has 2 aliphatic rings. The van der Waals surface area contributed by atoms with Gasteiger partial charge < -0.3 is 9.80 Å². The van der Waals surface area contributed by atoms with Crippen LogP contribution in [0.2, 0.25) is 0 Å². The van der Waals surface area contributed by atoms with E-state index in [0.717, 1.165) is 13.1 Å². The second kappa shape index (κ2) is 6.97. The van der Waals surface area contributed by atoms with Crippen LogP contribution in [0, 0.1) is 5.92 Å². The molecule has 0 N–H and O–H groups in total. The third-order valence-corrected chi connectivity index (χ3v) is 7.01. The number of amides is 1. The highest BCUT2D eigenvalue weighted by Crippen LogP contribution is 2.27. The highest BCUT2D eigenvalue weighted by atomic mass is 32.2. The zero-order chi connectivity index (χ0) is 19.0. The molecular weight excluding hydrogens is 366 g/mol. The van der Waals surface area contributed by atoms with Crippen molar-refractivity contribution < 1.29 is 13.2 Å². The fourth-order valence-corrected chi connectivity index (χ4v) is 5.07. The molecule has 8 nitrogen and oxygen atoms in total. The molecular formula is C18H23N5O3S. The summed E-state index contributed by atoms with van der Waals surface area (Å²) in [5.41, 5.74) is 1.17. The van der Waals surface area contributed by atoms with Gasteiger partial charge in [-0.25, -0.2) is 8.42 Å². The molecule has 27 heavy (non-hydrogen) atoms. The monoisotopic (exact) mass is 389 g/mol. The standard InChI is InChI=1S/C18H23N5O3S/c1-20-14-17(11-19-20)27(25,26)23-12-15(13-23)18(24)22-9-7-21(8-10-22)16-5-3-2-4-6-16/h2-6,11,14-15H,7-10,12-13H2,1H3. The Balaban J connectivity index is 1.31. The highest BCUT2D eigenvalue weighted by Gasteiger charge is 2.42. The Morgan fingerprint density at radius 1 is 1.07 bits per heavy atom. The molecule has 0 aliphatic carbocycles. The predicted molar refractivity (Wildman–Crippen MR) is 101 cm³/mol. The van der Waals surface area contributed by atoms with Crippen molar-refractivity contribution in [3.8, 4) is 0 Å². The topological polar surface area (TPSA) is 78.8 Å². The second-order valence-electron chi connectivity index (χ2n) is 7.02. The zero-order valence-corrected chi connectivity index (χ0v) is 16.0. The molecule has 0 spiro atoms. The lowest BCUT2D eigenvalue weighted by Gasteiger charge is -2.42. The highest BCUT2D eigenvalue weighted by molar-refractivity contribution is 7.89. The van der Waals surface area contributed by atoms with Gasteiger partial charge in [-0.15, -0.1) is 0 Å². The van der Waals surface area contributed by atoms with Crippen LogP contribution in [0.4, 0.5) is 5.69 Å². The molecule has 1 amide bonds. The minimum atomic E-state index is -3.55. The second-order valence-corrected chi connectivity index (χ2v) is 8.95. The quantitative estimate of drug-likeness (QED) is 0.756. The lowest BCUT2D eigenvalue weighted by Crippen LogP contribution is -2.59. The Hall–Kier alpha value is -2.39. The molecule has 4 rings (SSSR count). The predicted octanol–water partition coefficient (Wildman–Crippen LogP) is 0.389. The fraction of sp³-hybridized carbons (Fsp3) is 0.444. The van der Waals surface area contributed by atoms with Gasteiger partial charge in [0.25, 0.3) is 0 Å². The molecule has 0 radical (unpaired) electrons. The number of carbonyl (C=O) groups excluding carboxylic acids is 1. The van der Waals surface area contributed by atoms with E-state index >= 15 is 0 Å². The van der Waals surface area contributed by atoms with E-state index in [4.69, 9.17) is 0 Å². The van der Waals surface area contributed by atoms with Crippen molar-refractivity contribution in [1.29, 1.82) is 0 Å². The van der Waals surface area contributed by atoms with Gasteiger partial charge in [0.15, 0.2) is 0 Å². The summed E-state index contributed by atoms with van der Waals surface area (Å²) in [5.74, 6) is -0.194. The van der Waals surface area contributed by atoms with Crippen LogP contribution in [0.15, 0.2) is 47.6 Å². The van der Waals surface area contributed by atoms with Gasteiger partial charge in [-0.05, 0) is 12.1 Å². The van der Waals surface area contributed by atoms with Crippen LogP contribution in [0.25, 0.3) is 0 Å². The van der Waals surface area contributed by atoms with Crippen molar-refractivity contribution in [3.63, 3.8) is 0 Å². The lowest BCUT2D eigenvalue weighted by molar-refractivity contribution is -0.139. The van der Waals surface area contributed by atoms with Crippen molar-refractivity contribution in [1.82, 2.24) is 19.0 Å². The van der Waals surface area contributed by atoms with Crippen molar-refractivity contribution in [2.45, 2.75) is 4.90 Å². The third kappa shape index (κ3) is 3.44. The number of carbonyl (C=O) groups is 1. The van der Waals surface area contributed by atoms with Crippen molar-refractivity contribution in [3.05, 3.63) is 42.7 Å². The van der Waals surface area contributed by atoms with Crippen LogP contribution in [0.1, 0.15) is 0 Å². The number of aromatic nitrogens is 2. The number of piperazine rings is 1. The average Bonchev–Trinajstić information content (AvgIpc) is 3.08. The first-order chi connectivity index (χ1) is 12.9. The van der Waals surface area contributed by atoms with E-state index in [2.05, 4.69) is 22.1 Å². The van der Waals surface area contributed by atoms with Gasteiger partial charge in [-0.1, -0.05) is 18.2 Å². The zero-order valence-electron chi connectivity index (χ0n) is 15.2. The van der Waals surface area contributed by atoms with Crippen LogP contribution in [0.5, 0.6) is 0 Å². The summed E-state index contributed by atoms with van der Waals surface area (Å²) in [6.07, 6.45) is 2.82. The number of benzene rings is 1. The first kappa shape index (κ1) is 18.0. The molecule has 2 saturated heterocycles. The van der Waals surface area contributed by atoms with Gasteiger partial charge in [0, 0.05) is 58.2 Å². The van der Waals surface area contributed by atoms with E-state index in [0.29, 0.717) is 13.1 Å². The molecule has 1 aromatic carbocycles. The van der Waals surface area contributed by atoms with E-state index in [-0.39, 0.29) is 29.8 Å². The first-order valence-electron chi connectivity index (χ1n) is 9.03. The third-order valence-electron chi connectivity index (χ3n) is 5.23. The van der Waals surface area contributed by atoms with Crippen molar-refractivity contribution in [2.24, 2.45) is 13.0 Å². The van der Waals surface area contributed by atoms with E-state index in [1.54, 1.807) is 7.05 Å². The van der Waals surface area contributed by atoms with Gasteiger partial charge >= 0.3 is 0 Å². The maximum absolute atomic E-state index is 12.7. The summed E-state index contributed by atoms with van der Waals surface area (Å²) in [6.45, 7) is 3.41. The van der Waals surface area contributed by atoms with Crippen molar-refractivity contribution in [2.75, 3.05) is 44.2 Å². The number of anilines is 1. The molecule has 2 aliphatic heterocycles. The SMILES string of the molecule is Cn1cc(S(=O)(=O)N2CC(C(=O)N3CCN(c4ccccc4)CC3)C2)cn1. The molecule has 0 atom stereocenters. The number of rotatable bonds is 4. The summed E-state index contributed by atoms with van der Waals surface area (Å²) in [6, 6.07) is 10.2. The maximum atomic E-state index is 12.7. The number of hydrogen-bond acceptors (Lipinski definition) is 5. The normalized spacial score (nSPS) is 19.1. The van der Waals surface area contributed by atoms with Gasteiger partial charge in [0.2, 0.25) is 15.9 Å². The van der Waals surface area contributed by atoms with Gasteiger partial charge in [-0.2, -0.15) is 9.40 Å². The maximum Gasteiger partial charge on any atom is 0.246 e. The Kier molecular flexibility index (Phi) is 4.65. The largest absolute Gasteiger partial charge is 0.368 e. The van der Waals surface area contributed by atoms with E-state index in [1.165, 1.54) is 27.1 Å². The molecule has 2 aromatic rings. The van der Waals surface area contributed by atoms with Crippen molar-refractivity contribution >= 4 is 21.6 Å². The first-order valence-corrected chi connectivity index (χ1v) is 10.5. The molecule has 0 saturated carbocycles. The Labute approximate surface area is 159 Å². The molecule has 0 unspecified atom stereocenters. The number of nitrogens with zero attached hydrogens (tertiary/aromatic N) is 5. The minimum Gasteiger partial charge on any atom is -0.368 e. The number of para-hydroxylation sites is 1. The summed E-state index contributed by atoms with van der Waals surface area (Å²) in [4.78, 5) is 17.0. The minimum absolute atomic E-state index is 0.0559. The van der Waals surface area contributed by atoms with Gasteiger partial charge in [0.05, 0.1) is 12.1 Å². The van der Waals surface area contributed by atoms with E-state index in [1.807, 2.05) is 23.1 Å². The summed E-state index contributed by atoms with van der Waals surface area (Å²) < 4.78 is 27.8. The molecule has 144 valence electrons. The molecule has 2 fully saturated rings. The smallest absolute Gasteiger partial charge is 0.246 e. The van der Waals surface area contributed by atoms with Gasteiger partial charge in [-0.3, -0.25) is 9.48 Å². The van der Waals surface area contributed by atoms with E-state index < -0.39 is 10.0 Å².